The van der Waals surface area contributed by atoms with Crippen LogP contribution in [0.5, 0.6) is 0 Å². The maximum atomic E-state index is 13.2. The van der Waals surface area contributed by atoms with Gasteiger partial charge in [-0.2, -0.15) is 0 Å². The molecule has 6 heteroatoms. The second-order valence-corrected chi connectivity index (χ2v) is 8.31. The SMILES string of the molecule is C=CCN(C(=O)c1cccc(NC(=O)C2CC2C)c1)c1nc(-c2ccccc2)cs1. The van der Waals surface area contributed by atoms with Crippen LogP contribution in [0.25, 0.3) is 11.3 Å². The van der Waals surface area contributed by atoms with Crippen molar-refractivity contribution in [2.24, 2.45) is 11.8 Å². The van der Waals surface area contributed by atoms with Gasteiger partial charge >= 0.3 is 0 Å². The third kappa shape index (κ3) is 4.33. The van der Waals surface area contributed by atoms with Gasteiger partial charge in [-0.15, -0.1) is 17.9 Å². The van der Waals surface area contributed by atoms with Crippen molar-refractivity contribution in [3.05, 3.63) is 78.2 Å². The van der Waals surface area contributed by atoms with Crippen molar-refractivity contribution in [3.63, 3.8) is 0 Å². The van der Waals surface area contributed by atoms with Crippen LogP contribution in [0.4, 0.5) is 10.8 Å². The lowest BCUT2D eigenvalue weighted by molar-refractivity contribution is -0.117. The molecule has 1 saturated carbocycles. The van der Waals surface area contributed by atoms with Gasteiger partial charge in [0.25, 0.3) is 5.91 Å². The number of hydrogen-bond acceptors (Lipinski definition) is 4. The quantitative estimate of drug-likeness (QED) is 0.535. The normalized spacial score (nSPS) is 17.2. The maximum absolute atomic E-state index is 13.2. The van der Waals surface area contributed by atoms with Gasteiger partial charge in [-0.1, -0.05) is 49.4 Å². The molecule has 1 aliphatic rings. The molecule has 2 aromatic carbocycles. The molecule has 1 N–H and O–H groups in total. The Bertz CT molecular complexity index is 1080. The molecule has 2 atom stereocenters. The molecule has 1 aromatic heterocycles. The van der Waals surface area contributed by atoms with E-state index in [0.717, 1.165) is 17.7 Å². The summed E-state index contributed by atoms with van der Waals surface area (Å²) in [5.41, 5.74) is 2.96. The van der Waals surface area contributed by atoms with Crippen LogP contribution in [-0.4, -0.2) is 23.3 Å². The number of thiazole rings is 1. The highest BCUT2D eigenvalue weighted by Crippen LogP contribution is 2.38. The van der Waals surface area contributed by atoms with Gasteiger partial charge in [0.2, 0.25) is 5.91 Å². The Balaban J connectivity index is 1.55. The van der Waals surface area contributed by atoms with Crippen LogP contribution in [0.1, 0.15) is 23.7 Å². The monoisotopic (exact) mass is 417 g/mol. The van der Waals surface area contributed by atoms with Crippen molar-refractivity contribution in [3.8, 4) is 11.3 Å². The number of nitrogens with zero attached hydrogens (tertiary/aromatic N) is 2. The molecule has 5 nitrogen and oxygen atoms in total. The molecule has 3 aromatic rings. The minimum Gasteiger partial charge on any atom is -0.326 e. The third-order valence-electron chi connectivity index (χ3n) is 5.17. The number of benzene rings is 2. The van der Waals surface area contributed by atoms with E-state index >= 15 is 0 Å². The lowest BCUT2D eigenvalue weighted by Gasteiger charge is -2.18. The van der Waals surface area contributed by atoms with Crippen LogP contribution in [-0.2, 0) is 4.79 Å². The highest BCUT2D eigenvalue weighted by atomic mass is 32.1. The zero-order valence-corrected chi connectivity index (χ0v) is 17.6. The molecule has 1 aliphatic carbocycles. The fourth-order valence-electron chi connectivity index (χ4n) is 3.31. The number of anilines is 2. The molecule has 0 radical (unpaired) electrons. The summed E-state index contributed by atoms with van der Waals surface area (Å²) in [7, 11) is 0. The Morgan fingerprint density at radius 3 is 2.70 bits per heavy atom. The average molecular weight is 418 g/mol. The van der Waals surface area contributed by atoms with Crippen LogP contribution in [0.15, 0.2) is 72.6 Å². The standard InChI is InChI=1S/C24H23N3O2S/c1-3-12-27(24-26-21(15-30-24)17-8-5-4-6-9-17)23(29)18-10-7-11-19(14-18)25-22(28)20-13-16(20)2/h3-11,14-16,20H,1,12-13H2,2H3,(H,25,28). The molecule has 2 amide bonds. The van der Waals surface area contributed by atoms with E-state index in [2.05, 4.69) is 23.8 Å². The van der Waals surface area contributed by atoms with Crippen LogP contribution in [0.2, 0.25) is 0 Å². The zero-order valence-electron chi connectivity index (χ0n) is 16.7. The van der Waals surface area contributed by atoms with E-state index in [1.54, 1.807) is 35.2 Å². The van der Waals surface area contributed by atoms with Gasteiger partial charge in [-0.25, -0.2) is 4.98 Å². The summed E-state index contributed by atoms with van der Waals surface area (Å²) in [5.74, 6) is 0.345. The van der Waals surface area contributed by atoms with Crippen LogP contribution in [0, 0.1) is 11.8 Å². The molecule has 152 valence electrons. The van der Waals surface area contributed by atoms with E-state index < -0.39 is 0 Å². The van der Waals surface area contributed by atoms with E-state index in [1.165, 1.54) is 11.3 Å². The fraction of sp³-hybridized carbons (Fsp3) is 0.208. The van der Waals surface area contributed by atoms with Gasteiger partial charge < -0.3 is 5.32 Å². The first-order valence-corrected chi connectivity index (χ1v) is 10.8. The lowest BCUT2D eigenvalue weighted by atomic mass is 10.1. The van der Waals surface area contributed by atoms with E-state index in [-0.39, 0.29) is 17.7 Å². The van der Waals surface area contributed by atoms with Crippen molar-refractivity contribution in [2.75, 3.05) is 16.8 Å². The Labute approximate surface area is 180 Å². The summed E-state index contributed by atoms with van der Waals surface area (Å²) < 4.78 is 0. The first-order chi connectivity index (χ1) is 14.6. The number of hydrogen-bond donors (Lipinski definition) is 1. The number of carbonyl (C=O) groups is 2. The lowest BCUT2D eigenvalue weighted by Crippen LogP contribution is -2.31. The van der Waals surface area contributed by atoms with Crippen LogP contribution < -0.4 is 10.2 Å². The molecule has 1 fully saturated rings. The summed E-state index contributed by atoms with van der Waals surface area (Å²) in [4.78, 5) is 31.8. The van der Waals surface area contributed by atoms with Gasteiger partial charge in [0.15, 0.2) is 5.13 Å². The molecule has 0 spiro atoms. The van der Waals surface area contributed by atoms with Crippen LogP contribution in [0.3, 0.4) is 0 Å². The van der Waals surface area contributed by atoms with Crippen LogP contribution >= 0.6 is 11.3 Å². The van der Waals surface area contributed by atoms with Crippen molar-refractivity contribution >= 4 is 34.0 Å². The summed E-state index contributed by atoms with van der Waals surface area (Å²) in [6.07, 6.45) is 2.60. The molecule has 0 aliphatic heterocycles. The summed E-state index contributed by atoms with van der Waals surface area (Å²) >= 11 is 1.42. The van der Waals surface area contributed by atoms with E-state index in [0.29, 0.717) is 28.8 Å². The number of aromatic nitrogens is 1. The largest absolute Gasteiger partial charge is 0.326 e. The Hall–Kier alpha value is -3.25. The van der Waals surface area contributed by atoms with Gasteiger partial charge in [-0.3, -0.25) is 14.5 Å². The smallest absolute Gasteiger partial charge is 0.260 e. The molecule has 4 rings (SSSR count). The highest BCUT2D eigenvalue weighted by molar-refractivity contribution is 7.14. The molecule has 0 bridgehead atoms. The zero-order chi connectivity index (χ0) is 21.1. The van der Waals surface area contributed by atoms with E-state index in [4.69, 9.17) is 0 Å². The van der Waals surface area contributed by atoms with Crippen molar-refractivity contribution in [1.82, 2.24) is 4.98 Å². The maximum Gasteiger partial charge on any atom is 0.260 e. The van der Waals surface area contributed by atoms with E-state index in [9.17, 15) is 9.59 Å². The number of nitrogens with one attached hydrogen (secondary N) is 1. The first-order valence-electron chi connectivity index (χ1n) is 9.91. The van der Waals surface area contributed by atoms with Gasteiger partial charge in [0.1, 0.15) is 0 Å². The Kier molecular flexibility index (Phi) is 5.77. The Morgan fingerprint density at radius 2 is 2.00 bits per heavy atom. The summed E-state index contributed by atoms with van der Waals surface area (Å²) in [6.45, 7) is 6.19. The van der Waals surface area contributed by atoms with Crippen molar-refractivity contribution < 1.29 is 9.59 Å². The predicted molar refractivity (Wildman–Crippen MR) is 122 cm³/mol. The average Bonchev–Trinajstić information content (AvgIpc) is 3.31. The fourth-order valence-corrected chi connectivity index (χ4v) is 4.16. The molecule has 0 saturated heterocycles. The molecule has 2 unspecified atom stereocenters. The molecule has 30 heavy (non-hydrogen) atoms. The van der Waals surface area contributed by atoms with Crippen molar-refractivity contribution in [1.29, 1.82) is 0 Å². The van der Waals surface area contributed by atoms with Gasteiger partial charge in [-0.05, 0) is 30.5 Å². The minimum atomic E-state index is -0.181. The summed E-state index contributed by atoms with van der Waals surface area (Å²) in [5, 5.41) is 5.48. The van der Waals surface area contributed by atoms with Crippen molar-refractivity contribution in [2.45, 2.75) is 13.3 Å². The number of amides is 2. The number of carbonyl (C=O) groups excluding carboxylic acids is 2. The number of rotatable bonds is 7. The highest BCUT2D eigenvalue weighted by Gasteiger charge is 2.39. The molecular weight excluding hydrogens is 394 g/mol. The van der Waals surface area contributed by atoms with Gasteiger partial charge in [0, 0.05) is 34.7 Å². The molecule has 1 heterocycles. The molecular formula is C24H23N3O2S. The second-order valence-electron chi connectivity index (χ2n) is 7.48. The predicted octanol–water partition coefficient (Wildman–Crippen LogP) is 5.24. The van der Waals surface area contributed by atoms with E-state index in [1.807, 2.05) is 35.7 Å². The topological polar surface area (TPSA) is 62.3 Å². The Morgan fingerprint density at radius 1 is 1.23 bits per heavy atom. The summed E-state index contributed by atoms with van der Waals surface area (Å²) in [6, 6.07) is 16.9. The third-order valence-corrected chi connectivity index (χ3v) is 6.04. The minimum absolute atomic E-state index is 0.0162. The second kappa shape index (κ2) is 8.63. The van der Waals surface area contributed by atoms with Gasteiger partial charge in [0.05, 0.1) is 5.69 Å². The first kappa shape index (κ1) is 20.0.